The Balaban J connectivity index is 1.72. The van der Waals surface area contributed by atoms with E-state index in [9.17, 15) is 9.50 Å². The number of aliphatic imine (C=N–C) groups is 1. The lowest BCUT2D eigenvalue weighted by Gasteiger charge is -2.24. The standard InChI is InChI=1S/C25H20FN3O2S/c1-15-22-23(17-8-13-20(30)21(14-17)31-2)32-25(16-6-4-3-5-7-16)27-24(22)29(28-15)19-11-9-18(26)10-12-19/h3-14,23,30H,1-2H3. The second-order valence-electron chi connectivity index (χ2n) is 7.42. The molecule has 1 atom stereocenters. The number of aromatic hydroxyl groups is 1. The summed E-state index contributed by atoms with van der Waals surface area (Å²) in [5, 5.41) is 15.6. The number of halogens is 1. The van der Waals surface area contributed by atoms with E-state index in [1.165, 1.54) is 19.2 Å². The van der Waals surface area contributed by atoms with E-state index in [-0.39, 0.29) is 16.8 Å². The number of benzene rings is 3. The van der Waals surface area contributed by atoms with Crippen LogP contribution in [0.1, 0.15) is 27.6 Å². The molecule has 5 nitrogen and oxygen atoms in total. The van der Waals surface area contributed by atoms with Gasteiger partial charge in [0.25, 0.3) is 0 Å². The summed E-state index contributed by atoms with van der Waals surface area (Å²) in [5.41, 5.74) is 4.52. The first-order chi connectivity index (χ1) is 15.5. The number of phenolic OH excluding ortho intramolecular Hbond substituents is 1. The number of thioether (sulfide) groups is 1. The number of methoxy groups -OCH3 is 1. The molecule has 0 aliphatic carbocycles. The van der Waals surface area contributed by atoms with Crippen molar-refractivity contribution in [3.05, 3.63) is 101 Å². The van der Waals surface area contributed by atoms with Gasteiger partial charge in [-0.15, -0.1) is 0 Å². The van der Waals surface area contributed by atoms with Crippen LogP contribution in [0.4, 0.5) is 10.2 Å². The molecule has 32 heavy (non-hydrogen) atoms. The Kier molecular flexibility index (Phi) is 5.19. The summed E-state index contributed by atoms with van der Waals surface area (Å²) in [6.07, 6.45) is 0. The molecule has 1 aliphatic rings. The summed E-state index contributed by atoms with van der Waals surface area (Å²) in [5.74, 6) is 0.915. The molecule has 1 aliphatic heterocycles. The predicted molar refractivity (Wildman–Crippen MR) is 125 cm³/mol. The predicted octanol–water partition coefficient (Wildman–Crippen LogP) is 5.95. The van der Waals surface area contributed by atoms with Gasteiger partial charge in [0.15, 0.2) is 17.3 Å². The van der Waals surface area contributed by atoms with Gasteiger partial charge in [-0.3, -0.25) is 0 Å². The molecular formula is C25H20FN3O2S. The Morgan fingerprint density at radius 3 is 2.50 bits per heavy atom. The van der Waals surface area contributed by atoms with Crippen molar-refractivity contribution in [2.75, 3.05) is 7.11 Å². The lowest BCUT2D eigenvalue weighted by atomic mass is 10.0. The van der Waals surface area contributed by atoms with E-state index in [0.717, 1.165) is 33.1 Å². The number of aryl methyl sites for hydroxylation is 1. The van der Waals surface area contributed by atoms with Gasteiger partial charge in [0.2, 0.25) is 0 Å². The summed E-state index contributed by atoms with van der Waals surface area (Å²) >= 11 is 1.63. The number of phenols is 1. The molecule has 7 heteroatoms. The van der Waals surface area contributed by atoms with E-state index in [1.807, 2.05) is 49.4 Å². The molecular weight excluding hydrogens is 425 g/mol. The van der Waals surface area contributed by atoms with Gasteiger partial charge in [-0.25, -0.2) is 14.1 Å². The topological polar surface area (TPSA) is 59.6 Å². The highest BCUT2D eigenvalue weighted by atomic mass is 32.2. The highest BCUT2D eigenvalue weighted by Crippen LogP contribution is 2.49. The van der Waals surface area contributed by atoms with Crippen LogP contribution in [-0.2, 0) is 0 Å². The van der Waals surface area contributed by atoms with Crippen LogP contribution >= 0.6 is 11.8 Å². The highest BCUT2D eigenvalue weighted by molar-refractivity contribution is 8.14. The number of nitrogens with zero attached hydrogens (tertiary/aromatic N) is 3. The van der Waals surface area contributed by atoms with Crippen LogP contribution < -0.4 is 4.74 Å². The third kappa shape index (κ3) is 3.54. The number of hydrogen-bond donors (Lipinski definition) is 1. The number of rotatable bonds is 4. The first kappa shape index (κ1) is 20.3. The van der Waals surface area contributed by atoms with Crippen molar-refractivity contribution in [1.29, 1.82) is 0 Å². The molecule has 1 unspecified atom stereocenters. The zero-order chi connectivity index (χ0) is 22.2. The molecule has 0 radical (unpaired) electrons. The van der Waals surface area contributed by atoms with Crippen LogP contribution in [0.15, 0.2) is 77.8 Å². The van der Waals surface area contributed by atoms with Gasteiger partial charge >= 0.3 is 0 Å². The zero-order valence-electron chi connectivity index (χ0n) is 17.5. The fourth-order valence-corrected chi connectivity index (χ4v) is 5.11. The molecule has 1 N–H and O–H groups in total. The highest BCUT2D eigenvalue weighted by Gasteiger charge is 2.32. The fourth-order valence-electron chi connectivity index (χ4n) is 3.80. The zero-order valence-corrected chi connectivity index (χ0v) is 18.3. The minimum Gasteiger partial charge on any atom is -0.504 e. The number of aromatic nitrogens is 2. The van der Waals surface area contributed by atoms with Gasteiger partial charge in [0.1, 0.15) is 10.9 Å². The molecule has 1 aromatic heterocycles. The number of fused-ring (bicyclic) bond motifs is 1. The molecule has 0 spiro atoms. The quantitative estimate of drug-likeness (QED) is 0.422. The largest absolute Gasteiger partial charge is 0.504 e. The molecule has 5 rings (SSSR count). The Bertz CT molecular complexity index is 1320. The summed E-state index contributed by atoms with van der Waals surface area (Å²) in [4.78, 5) is 4.98. The van der Waals surface area contributed by atoms with Gasteiger partial charge in [-0.1, -0.05) is 48.2 Å². The lowest BCUT2D eigenvalue weighted by molar-refractivity contribution is 0.373. The van der Waals surface area contributed by atoms with E-state index in [0.29, 0.717) is 11.6 Å². The van der Waals surface area contributed by atoms with Crippen LogP contribution in [0.25, 0.3) is 5.69 Å². The van der Waals surface area contributed by atoms with Crippen LogP contribution in [0.3, 0.4) is 0 Å². The summed E-state index contributed by atoms with van der Waals surface area (Å²) in [6.45, 7) is 1.95. The van der Waals surface area contributed by atoms with Crippen LogP contribution in [0.5, 0.6) is 11.5 Å². The van der Waals surface area contributed by atoms with Crippen molar-refractivity contribution >= 4 is 22.6 Å². The van der Waals surface area contributed by atoms with E-state index >= 15 is 0 Å². The molecule has 4 aromatic rings. The van der Waals surface area contributed by atoms with Crippen LogP contribution in [-0.4, -0.2) is 27.0 Å². The maximum atomic E-state index is 13.5. The monoisotopic (exact) mass is 445 g/mol. The third-order valence-electron chi connectivity index (χ3n) is 5.38. The normalized spacial score (nSPS) is 15.2. The molecule has 0 saturated carbocycles. The van der Waals surface area contributed by atoms with Gasteiger partial charge in [0, 0.05) is 11.1 Å². The van der Waals surface area contributed by atoms with E-state index in [1.54, 1.807) is 34.6 Å². The molecule has 0 bridgehead atoms. The fraction of sp³-hybridized carbons (Fsp3) is 0.120. The second-order valence-corrected chi connectivity index (χ2v) is 8.52. The average Bonchev–Trinajstić information content (AvgIpc) is 3.16. The summed E-state index contributed by atoms with van der Waals surface area (Å²) < 4.78 is 20.6. The smallest absolute Gasteiger partial charge is 0.161 e. The molecule has 0 saturated heterocycles. The SMILES string of the molecule is COc1cc(C2SC(c3ccccc3)=Nc3c2c(C)nn3-c2ccc(F)cc2)ccc1O. The molecule has 3 aromatic carbocycles. The first-order valence-electron chi connectivity index (χ1n) is 10.1. The van der Waals surface area contributed by atoms with Crippen LogP contribution in [0.2, 0.25) is 0 Å². The van der Waals surface area contributed by atoms with E-state index < -0.39 is 0 Å². The average molecular weight is 446 g/mol. The number of hydrogen-bond acceptors (Lipinski definition) is 5. The molecule has 0 amide bonds. The first-order valence-corrected chi connectivity index (χ1v) is 11.0. The molecule has 160 valence electrons. The minimum atomic E-state index is -0.301. The molecule has 2 heterocycles. The van der Waals surface area contributed by atoms with Crippen LogP contribution in [0, 0.1) is 12.7 Å². The van der Waals surface area contributed by atoms with Gasteiger partial charge in [-0.2, -0.15) is 5.10 Å². The Labute approximate surface area is 189 Å². The summed E-state index contributed by atoms with van der Waals surface area (Å²) in [6, 6.07) is 21.6. The van der Waals surface area contributed by atoms with Gasteiger partial charge < -0.3 is 9.84 Å². The number of ether oxygens (including phenoxy) is 1. The lowest BCUT2D eigenvalue weighted by Crippen LogP contribution is -2.10. The second kappa shape index (κ2) is 8.16. The van der Waals surface area contributed by atoms with Crippen molar-refractivity contribution in [1.82, 2.24) is 9.78 Å². The van der Waals surface area contributed by atoms with Gasteiger partial charge in [-0.05, 0) is 48.9 Å². The summed E-state index contributed by atoms with van der Waals surface area (Å²) in [7, 11) is 1.53. The van der Waals surface area contributed by atoms with Crippen molar-refractivity contribution < 1.29 is 14.2 Å². The van der Waals surface area contributed by atoms with E-state index in [2.05, 4.69) is 0 Å². The van der Waals surface area contributed by atoms with Crippen molar-refractivity contribution in [2.45, 2.75) is 12.2 Å². The van der Waals surface area contributed by atoms with Crippen molar-refractivity contribution in [3.8, 4) is 17.2 Å². The Morgan fingerprint density at radius 1 is 1.03 bits per heavy atom. The maximum absolute atomic E-state index is 13.5. The molecule has 0 fully saturated rings. The van der Waals surface area contributed by atoms with Gasteiger partial charge in [0.05, 0.1) is 23.7 Å². The van der Waals surface area contributed by atoms with E-state index in [4.69, 9.17) is 14.8 Å². The minimum absolute atomic E-state index is 0.0907. The van der Waals surface area contributed by atoms with Crippen molar-refractivity contribution in [2.24, 2.45) is 4.99 Å². The maximum Gasteiger partial charge on any atom is 0.161 e. The third-order valence-corrected chi connectivity index (χ3v) is 6.67. The Hall–Kier alpha value is -3.58. The van der Waals surface area contributed by atoms with Crippen molar-refractivity contribution in [3.63, 3.8) is 0 Å². The Morgan fingerprint density at radius 2 is 1.78 bits per heavy atom.